The first-order valence-corrected chi connectivity index (χ1v) is 6.89. The molecule has 0 amide bonds. The lowest BCUT2D eigenvalue weighted by molar-refractivity contribution is 0.664. The second-order valence-corrected chi connectivity index (χ2v) is 5.63. The minimum atomic E-state index is 0.741. The standard InChI is InChI=1S/C13H12BrClN2/c14-10-4-1-3-9(7-10)8-17-13(15)11-5-2-6-12(11)16-17/h1,3-4,7H,2,5-6,8H2. The van der Waals surface area contributed by atoms with Gasteiger partial charge in [-0.2, -0.15) is 5.10 Å². The van der Waals surface area contributed by atoms with Gasteiger partial charge in [0.25, 0.3) is 0 Å². The van der Waals surface area contributed by atoms with Gasteiger partial charge in [-0.3, -0.25) is 0 Å². The van der Waals surface area contributed by atoms with E-state index in [1.54, 1.807) is 0 Å². The topological polar surface area (TPSA) is 17.8 Å². The Bertz CT molecular complexity index is 563. The number of rotatable bonds is 2. The van der Waals surface area contributed by atoms with Crippen LogP contribution in [-0.2, 0) is 19.4 Å². The van der Waals surface area contributed by atoms with E-state index in [0.717, 1.165) is 29.0 Å². The quantitative estimate of drug-likeness (QED) is 0.824. The maximum atomic E-state index is 6.35. The van der Waals surface area contributed by atoms with Gasteiger partial charge in [0.15, 0.2) is 0 Å². The molecule has 4 heteroatoms. The maximum absolute atomic E-state index is 6.35. The van der Waals surface area contributed by atoms with E-state index < -0.39 is 0 Å². The summed E-state index contributed by atoms with van der Waals surface area (Å²) in [7, 11) is 0. The molecule has 1 aliphatic rings. The summed E-state index contributed by atoms with van der Waals surface area (Å²) in [6.45, 7) is 0.741. The molecule has 0 aliphatic heterocycles. The molecule has 0 saturated carbocycles. The summed E-state index contributed by atoms with van der Waals surface area (Å²) in [5.41, 5.74) is 3.65. The van der Waals surface area contributed by atoms with E-state index in [2.05, 4.69) is 33.2 Å². The van der Waals surface area contributed by atoms with E-state index in [0.29, 0.717) is 0 Å². The maximum Gasteiger partial charge on any atom is 0.130 e. The van der Waals surface area contributed by atoms with Crippen LogP contribution in [0.4, 0.5) is 0 Å². The molecule has 0 spiro atoms. The molecule has 0 saturated heterocycles. The van der Waals surface area contributed by atoms with Crippen LogP contribution in [-0.4, -0.2) is 9.78 Å². The van der Waals surface area contributed by atoms with Crippen LogP contribution >= 0.6 is 27.5 Å². The monoisotopic (exact) mass is 310 g/mol. The SMILES string of the molecule is Clc1c2c(nn1Cc1cccc(Br)c1)CCC2. The second kappa shape index (κ2) is 4.46. The highest BCUT2D eigenvalue weighted by atomic mass is 79.9. The number of halogens is 2. The summed E-state index contributed by atoms with van der Waals surface area (Å²) < 4.78 is 3.00. The van der Waals surface area contributed by atoms with Gasteiger partial charge in [0.2, 0.25) is 0 Å². The molecule has 1 heterocycles. The van der Waals surface area contributed by atoms with Gasteiger partial charge in [0.05, 0.1) is 12.2 Å². The Hall–Kier alpha value is -0.800. The lowest BCUT2D eigenvalue weighted by atomic mass is 10.2. The third-order valence-corrected chi connectivity index (χ3v) is 4.04. The fourth-order valence-corrected chi connectivity index (χ4v) is 3.07. The van der Waals surface area contributed by atoms with E-state index in [9.17, 15) is 0 Å². The molecular formula is C13H12BrClN2. The van der Waals surface area contributed by atoms with Crippen molar-refractivity contribution in [2.24, 2.45) is 0 Å². The van der Waals surface area contributed by atoms with Gasteiger partial charge in [-0.25, -0.2) is 4.68 Å². The average Bonchev–Trinajstić information content (AvgIpc) is 2.84. The third kappa shape index (κ3) is 2.14. The van der Waals surface area contributed by atoms with E-state index >= 15 is 0 Å². The van der Waals surface area contributed by atoms with Crippen molar-refractivity contribution in [2.75, 3.05) is 0 Å². The number of aryl methyl sites for hydroxylation is 1. The first-order valence-electron chi connectivity index (χ1n) is 5.72. The number of benzene rings is 1. The van der Waals surface area contributed by atoms with Gasteiger partial charge in [-0.15, -0.1) is 0 Å². The molecule has 3 rings (SSSR count). The zero-order valence-electron chi connectivity index (χ0n) is 9.29. The molecule has 88 valence electrons. The Kier molecular flexibility index (Phi) is 2.97. The Balaban J connectivity index is 1.91. The Labute approximate surface area is 114 Å². The van der Waals surface area contributed by atoms with Crippen molar-refractivity contribution >= 4 is 27.5 Å². The summed E-state index contributed by atoms with van der Waals surface area (Å²) >= 11 is 9.82. The van der Waals surface area contributed by atoms with E-state index in [1.165, 1.54) is 23.2 Å². The Morgan fingerprint density at radius 3 is 3.00 bits per heavy atom. The van der Waals surface area contributed by atoms with Crippen LogP contribution in [0, 0.1) is 0 Å². The number of aromatic nitrogens is 2. The lowest BCUT2D eigenvalue weighted by Gasteiger charge is -2.05. The molecule has 0 radical (unpaired) electrons. The molecule has 1 aromatic carbocycles. The van der Waals surface area contributed by atoms with Gasteiger partial charge in [0.1, 0.15) is 5.15 Å². The molecular weight excluding hydrogens is 300 g/mol. The summed E-state index contributed by atoms with van der Waals surface area (Å²) in [5.74, 6) is 0. The molecule has 0 unspecified atom stereocenters. The summed E-state index contributed by atoms with van der Waals surface area (Å²) in [6, 6.07) is 8.25. The van der Waals surface area contributed by atoms with E-state index in [4.69, 9.17) is 11.6 Å². The zero-order chi connectivity index (χ0) is 11.8. The van der Waals surface area contributed by atoms with Crippen LogP contribution in [0.3, 0.4) is 0 Å². The first-order chi connectivity index (χ1) is 8.24. The second-order valence-electron chi connectivity index (χ2n) is 4.36. The fraction of sp³-hybridized carbons (Fsp3) is 0.308. The average molecular weight is 312 g/mol. The molecule has 2 nitrogen and oxygen atoms in total. The van der Waals surface area contributed by atoms with Crippen LogP contribution in [0.2, 0.25) is 5.15 Å². The molecule has 0 bridgehead atoms. The molecule has 1 aliphatic carbocycles. The summed E-state index contributed by atoms with van der Waals surface area (Å²) in [4.78, 5) is 0. The van der Waals surface area contributed by atoms with Crippen LogP contribution in [0.1, 0.15) is 23.2 Å². The van der Waals surface area contributed by atoms with Gasteiger partial charge in [0, 0.05) is 10.0 Å². The Morgan fingerprint density at radius 1 is 1.35 bits per heavy atom. The first kappa shape index (κ1) is 11.3. The molecule has 1 aromatic heterocycles. The minimum absolute atomic E-state index is 0.741. The zero-order valence-corrected chi connectivity index (χ0v) is 11.6. The van der Waals surface area contributed by atoms with E-state index in [1.807, 2.05) is 16.8 Å². The minimum Gasteiger partial charge on any atom is -0.249 e. The fourth-order valence-electron chi connectivity index (χ4n) is 2.32. The van der Waals surface area contributed by atoms with Crippen LogP contribution < -0.4 is 0 Å². The summed E-state index contributed by atoms with van der Waals surface area (Å²) in [5, 5.41) is 5.40. The highest BCUT2D eigenvalue weighted by Crippen LogP contribution is 2.28. The third-order valence-electron chi connectivity index (χ3n) is 3.13. The molecule has 2 aromatic rings. The number of hydrogen-bond donors (Lipinski definition) is 0. The predicted octanol–water partition coefficient (Wildman–Crippen LogP) is 3.84. The van der Waals surface area contributed by atoms with Crippen LogP contribution in [0.15, 0.2) is 28.7 Å². The van der Waals surface area contributed by atoms with Crippen molar-refractivity contribution in [3.8, 4) is 0 Å². The van der Waals surface area contributed by atoms with Crippen LogP contribution in [0.25, 0.3) is 0 Å². The largest absolute Gasteiger partial charge is 0.249 e. The normalized spacial score (nSPS) is 14.0. The van der Waals surface area contributed by atoms with Crippen molar-refractivity contribution in [1.29, 1.82) is 0 Å². The Morgan fingerprint density at radius 2 is 2.24 bits per heavy atom. The van der Waals surface area contributed by atoms with Gasteiger partial charge in [-0.1, -0.05) is 39.7 Å². The molecule has 17 heavy (non-hydrogen) atoms. The van der Waals surface area contributed by atoms with Crippen LogP contribution in [0.5, 0.6) is 0 Å². The molecule has 0 N–H and O–H groups in total. The van der Waals surface area contributed by atoms with Gasteiger partial charge < -0.3 is 0 Å². The van der Waals surface area contributed by atoms with Crippen molar-refractivity contribution in [3.63, 3.8) is 0 Å². The summed E-state index contributed by atoms with van der Waals surface area (Å²) in [6.07, 6.45) is 3.34. The van der Waals surface area contributed by atoms with Crippen molar-refractivity contribution in [3.05, 3.63) is 50.7 Å². The van der Waals surface area contributed by atoms with E-state index in [-0.39, 0.29) is 0 Å². The van der Waals surface area contributed by atoms with Crippen molar-refractivity contribution in [1.82, 2.24) is 9.78 Å². The van der Waals surface area contributed by atoms with Gasteiger partial charge >= 0.3 is 0 Å². The lowest BCUT2D eigenvalue weighted by Crippen LogP contribution is -2.03. The number of nitrogens with zero attached hydrogens (tertiary/aromatic N) is 2. The number of fused-ring (bicyclic) bond motifs is 1. The smallest absolute Gasteiger partial charge is 0.130 e. The number of hydrogen-bond acceptors (Lipinski definition) is 1. The molecule has 0 atom stereocenters. The van der Waals surface area contributed by atoms with Crippen molar-refractivity contribution < 1.29 is 0 Å². The molecule has 0 fully saturated rings. The van der Waals surface area contributed by atoms with Crippen molar-refractivity contribution in [2.45, 2.75) is 25.8 Å². The highest BCUT2D eigenvalue weighted by molar-refractivity contribution is 9.10. The van der Waals surface area contributed by atoms with Gasteiger partial charge in [-0.05, 0) is 37.0 Å². The highest BCUT2D eigenvalue weighted by Gasteiger charge is 2.20. The predicted molar refractivity (Wildman–Crippen MR) is 72.5 cm³/mol.